The number of likely N-dealkylation sites (N-methyl/N-ethyl adjacent to an activating group) is 1. The first-order valence-corrected chi connectivity index (χ1v) is 9.14. The number of rotatable bonds is 6. The number of nitrogens with zero attached hydrogens (tertiary/aromatic N) is 4. The number of benzene rings is 1. The van der Waals surface area contributed by atoms with E-state index in [2.05, 4.69) is 15.3 Å². The van der Waals surface area contributed by atoms with Gasteiger partial charge in [-0.25, -0.2) is 9.78 Å². The number of hydrogen-bond acceptors (Lipinski definition) is 7. The van der Waals surface area contributed by atoms with Crippen LogP contribution in [0, 0.1) is 0 Å². The van der Waals surface area contributed by atoms with Crippen LogP contribution in [0.2, 0.25) is 0 Å². The van der Waals surface area contributed by atoms with Gasteiger partial charge < -0.3 is 25.6 Å². The Balaban J connectivity index is 1.85. The van der Waals surface area contributed by atoms with Crippen molar-refractivity contribution in [3.8, 4) is 0 Å². The van der Waals surface area contributed by atoms with Crippen molar-refractivity contribution in [1.29, 1.82) is 0 Å². The summed E-state index contributed by atoms with van der Waals surface area (Å²) in [6, 6.07) is 7.60. The quantitative estimate of drug-likeness (QED) is 0.778. The highest BCUT2D eigenvalue weighted by atomic mass is 16.5. The van der Waals surface area contributed by atoms with Gasteiger partial charge in [0.15, 0.2) is 0 Å². The lowest BCUT2D eigenvalue weighted by Gasteiger charge is -2.21. The lowest BCUT2D eigenvalue weighted by Crippen LogP contribution is -2.33. The van der Waals surface area contributed by atoms with E-state index in [-0.39, 0.29) is 12.5 Å². The van der Waals surface area contributed by atoms with Crippen LogP contribution in [0.4, 0.5) is 22.2 Å². The van der Waals surface area contributed by atoms with Crippen molar-refractivity contribution in [3.63, 3.8) is 0 Å². The summed E-state index contributed by atoms with van der Waals surface area (Å²) in [7, 11) is 1.91. The number of hydrogen-bond donors (Lipinski definition) is 2. The largest absolute Gasteiger partial charge is 0.449 e. The van der Waals surface area contributed by atoms with Crippen LogP contribution >= 0.6 is 0 Å². The molecular weight excluding hydrogens is 360 g/mol. The number of anilines is 3. The van der Waals surface area contributed by atoms with Crippen molar-refractivity contribution < 1.29 is 14.3 Å². The highest BCUT2D eigenvalue weighted by Gasteiger charge is 2.28. The zero-order valence-electron chi connectivity index (χ0n) is 16.0. The van der Waals surface area contributed by atoms with Crippen LogP contribution in [-0.2, 0) is 11.2 Å². The number of amides is 2. The molecule has 2 aromatic rings. The Morgan fingerprint density at radius 1 is 1.36 bits per heavy atom. The van der Waals surface area contributed by atoms with E-state index in [0.717, 1.165) is 11.3 Å². The average molecular weight is 384 g/mol. The van der Waals surface area contributed by atoms with Gasteiger partial charge in [0.05, 0.1) is 6.61 Å². The highest BCUT2D eigenvalue weighted by Crippen LogP contribution is 2.26. The molecule has 9 nitrogen and oxygen atoms in total. The summed E-state index contributed by atoms with van der Waals surface area (Å²) in [4.78, 5) is 36.3. The van der Waals surface area contributed by atoms with Crippen molar-refractivity contribution in [1.82, 2.24) is 9.97 Å². The van der Waals surface area contributed by atoms with Gasteiger partial charge in [0.2, 0.25) is 5.95 Å². The van der Waals surface area contributed by atoms with E-state index in [4.69, 9.17) is 10.5 Å². The molecule has 0 spiro atoms. The van der Waals surface area contributed by atoms with Gasteiger partial charge in [0, 0.05) is 45.0 Å². The number of carbonyl (C=O) groups is 2. The second-order valence-corrected chi connectivity index (χ2v) is 6.43. The maximum atomic E-state index is 13.2. The van der Waals surface area contributed by atoms with Crippen molar-refractivity contribution in [2.75, 3.05) is 48.4 Å². The van der Waals surface area contributed by atoms with Crippen molar-refractivity contribution in [2.24, 2.45) is 5.73 Å². The third-order valence-electron chi connectivity index (χ3n) is 4.46. The van der Waals surface area contributed by atoms with Gasteiger partial charge in [-0.2, -0.15) is 4.98 Å². The van der Waals surface area contributed by atoms with Crippen molar-refractivity contribution in [2.45, 2.75) is 13.3 Å². The molecule has 0 saturated heterocycles. The molecule has 9 heteroatoms. The fourth-order valence-corrected chi connectivity index (χ4v) is 3.06. The molecule has 1 aromatic carbocycles. The summed E-state index contributed by atoms with van der Waals surface area (Å²) in [5.74, 6) is 0.975. The molecule has 3 N–H and O–H groups in total. The first kappa shape index (κ1) is 19.4. The summed E-state index contributed by atoms with van der Waals surface area (Å²) in [6.45, 7) is 4.01. The van der Waals surface area contributed by atoms with Gasteiger partial charge in [0.25, 0.3) is 5.91 Å². The Morgan fingerprint density at radius 3 is 2.93 bits per heavy atom. The minimum absolute atomic E-state index is 0.145. The molecule has 28 heavy (non-hydrogen) atoms. The SMILES string of the molecule is CCNc1ncc2c(n1)N(C)CCN(c1cccc(CCOC(N)=O)c1)C2=O. The fraction of sp³-hybridized carbons (Fsp3) is 0.368. The summed E-state index contributed by atoms with van der Waals surface area (Å²) in [6.07, 6.45) is 1.29. The molecule has 0 aliphatic carbocycles. The van der Waals surface area contributed by atoms with E-state index in [0.29, 0.717) is 43.4 Å². The van der Waals surface area contributed by atoms with E-state index < -0.39 is 6.09 Å². The molecule has 0 radical (unpaired) electrons. The van der Waals surface area contributed by atoms with E-state index in [1.54, 1.807) is 11.1 Å². The summed E-state index contributed by atoms with van der Waals surface area (Å²) < 4.78 is 4.79. The Morgan fingerprint density at radius 2 is 2.18 bits per heavy atom. The molecule has 0 unspecified atom stereocenters. The topological polar surface area (TPSA) is 114 Å². The van der Waals surface area contributed by atoms with Gasteiger partial charge in [-0.3, -0.25) is 4.79 Å². The number of nitrogens with two attached hydrogens (primary N) is 1. The zero-order valence-corrected chi connectivity index (χ0v) is 16.0. The minimum Gasteiger partial charge on any atom is -0.449 e. The average Bonchev–Trinajstić information content (AvgIpc) is 2.79. The van der Waals surface area contributed by atoms with Gasteiger partial charge in [-0.15, -0.1) is 0 Å². The first-order chi connectivity index (χ1) is 13.5. The van der Waals surface area contributed by atoms with Gasteiger partial charge in [-0.05, 0) is 24.6 Å². The van der Waals surface area contributed by atoms with E-state index in [9.17, 15) is 9.59 Å². The van der Waals surface area contributed by atoms with Crippen LogP contribution in [0.1, 0.15) is 22.8 Å². The zero-order chi connectivity index (χ0) is 20.1. The molecule has 3 rings (SSSR count). The van der Waals surface area contributed by atoms with E-state index >= 15 is 0 Å². The predicted molar refractivity (Wildman–Crippen MR) is 107 cm³/mol. The predicted octanol–water partition coefficient (Wildman–Crippen LogP) is 1.64. The fourth-order valence-electron chi connectivity index (χ4n) is 3.06. The normalized spacial score (nSPS) is 13.7. The molecule has 0 saturated carbocycles. The van der Waals surface area contributed by atoms with Crippen molar-refractivity contribution >= 4 is 29.5 Å². The lowest BCUT2D eigenvalue weighted by atomic mass is 10.1. The van der Waals surface area contributed by atoms with Crippen molar-refractivity contribution in [3.05, 3.63) is 41.6 Å². The third-order valence-corrected chi connectivity index (χ3v) is 4.46. The molecule has 0 bridgehead atoms. The van der Waals surface area contributed by atoms with Crippen LogP contribution in [0.3, 0.4) is 0 Å². The standard InChI is InChI=1S/C19H24N6O3/c1-3-21-19-22-12-15-16(23-19)24(2)8-9-25(17(15)26)14-6-4-5-13(11-14)7-10-28-18(20)27/h4-6,11-12H,3,7-10H2,1-2H3,(H2,20,27)(H,21,22,23). The Labute approximate surface area is 163 Å². The smallest absolute Gasteiger partial charge is 0.404 e. The maximum Gasteiger partial charge on any atom is 0.404 e. The Bertz CT molecular complexity index is 872. The monoisotopic (exact) mass is 384 g/mol. The number of fused-ring (bicyclic) bond motifs is 1. The summed E-state index contributed by atoms with van der Waals surface area (Å²) >= 11 is 0. The molecule has 2 heterocycles. The molecule has 0 atom stereocenters. The maximum absolute atomic E-state index is 13.2. The summed E-state index contributed by atoms with van der Waals surface area (Å²) in [5, 5.41) is 3.07. The molecule has 1 aliphatic rings. The molecule has 1 aliphatic heterocycles. The second-order valence-electron chi connectivity index (χ2n) is 6.43. The molecule has 0 fully saturated rings. The number of ether oxygens (including phenoxy) is 1. The first-order valence-electron chi connectivity index (χ1n) is 9.14. The van der Waals surface area contributed by atoms with Crippen LogP contribution in [-0.4, -0.2) is 55.3 Å². The molecule has 148 valence electrons. The number of primary amides is 1. The third kappa shape index (κ3) is 4.30. The van der Waals surface area contributed by atoms with Crippen LogP contribution in [0.15, 0.2) is 30.5 Å². The van der Waals surface area contributed by atoms with Gasteiger partial charge in [-0.1, -0.05) is 12.1 Å². The molecule has 2 amide bonds. The Hall–Kier alpha value is -3.36. The van der Waals surface area contributed by atoms with Crippen LogP contribution in [0.25, 0.3) is 0 Å². The second kappa shape index (κ2) is 8.55. The highest BCUT2D eigenvalue weighted by molar-refractivity contribution is 6.09. The lowest BCUT2D eigenvalue weighted by molar-refractivity contribution is 0.0989. The van der Waals surface area contributed by atoms with E-state index in [1.807, 2.05) is 43.1 Å². The number of aromatic nitrogens is 2. The molecular formula is C19H24N6O3. The summed E-state index contributed by atoms with van der Waals surface area (Å²) in [5.41, 5.74) is 7.18. The van der Waals surface area contributed by atoms with E-state index in [1.165, 1.54) is 0 Å². The number of carbonyl (C=O) groups excluding carboxylic acids is 2. The van der Waals surface area contributed by atoms with Crippen LogP contribution in [0.5, 0.6) is 0 Å². The Kier molecular flexibility index (Phi) is 5.93. The van der Waals surface area contributed by atoms with Gasteiger partial charge >= 0.3 is 6.09 Å². The van der Waals surface area contributed by atoms with Crippen LogP contribution < -0.4 is 20.9 Å². The molecule has 1 aromatic heterocycles. The number of nitrogens with one attached hydrogen (secondary N) is 1. The minimum atomic E-state index is -0.796. The van der Waals surface area contributed by atoms with Gasteiger partial charge in [0.1, 0.15) is 11.4 Å².